The van der Waals surface area contributed by atoms with E-state index in [0.29, 0.717) is 17.9 Å². The van der Waals surface area contributed by atoms with Gasteiger partial charge < -0.3 is 25.5 Å². The molecule has 244 valence electrons. The van der Waals surface area contributed by atoms with Crippen LogP contribution < -0.4 is 20.3 Å². The van der Waals surface area contributed by atoms with Crippen molar-refractivity contribution in [1.29, 1.82) is 0 Å². The molecule has 2 amide bonds. The van der Waals surface area contributed by atoms with E-state index in [9.17, 15) is 23.1 Å². The number of nitrogens with one attached hydrogen (secondary N) is 3. The van der Waals surface area contributed by atoms with Gasteiger partial charge in [0.2, 0.25) is 10.0 Å². The van der Waals surface area contributed by atoms with Crippen LogP contribution >= 0.6 is 0 Å². The summed E-state index contributed by atoms with van der Waals surface area (Å²) in [6.07, 6.45) is 0.402. The lowest BCUT2D eigenvalue weighted by Gasteiger charge is -2.27. The number of hydrogen-bond donors (Lipinski definition) is 4. The van der Waals surface area contributed by atoms with Crippen LogP contribution in [0, 0.1) is 6.92 Å². The Morgan fingerprint density at radius 1 is 0.848 bits per heavy atom. The van der Waals surface area contributed by atoms with Gasteiger partial charge in [0, 0.05) is 30.8 Å². The predicted octanol–water partition coefficient (Wildman–Crippen LogP) is 4.53. The van der Waals surface area contributed by atoms with Crippen LogP contribution in [0.25, 0.3) is 0 Å². The average molecular weight is 647 g/mol. The summed E-state index contributed by atoms with van der Waals surface area (Å²) in [6.45, 7) is 5.76. The minimum absolute atomic E-state index is 0.0410. The molecule has 0 bridgehead atoms. The number of anilines is 1. The zero-order valence-electron chi connectivity index (χ0n) is 26.7. The summed E-state index contributed by atoms with van der Waals surface area (Å²) >= 11 is 0. The van der Waals surface area contributed by atoms with Gasteiger partial charge in [0.15, 0.2) is 0 Å². The fourth-order valence-electron chi connectivity index (χ4n) is 4.99. The summed E-state index contributed by atoms with van der Waals surface area (Å²) in [4.78, 5) is 27.2. The van der Waals surface area contributed by atoms with E-state index < -0.39 is 40.0 Å². The van der Waals surface area contributed by atoms with Crippen LogP contribution in [0.2, 0.25) is 0 Å². The van der Waals surface area contributed by atoms with Crippen molar-refractivity contribution in [2.75, 3.05) is 24.2 Å². The van der Waals surface area contributed by atoms with Crippen molar-refractivity contribution in [3.8, 4) is 0 Å². The molecular weight excluding hydrogens is 604 g/mol. The fraction of sp³-hybridized carbons (Fsp3) is 0.314. The highest BCUT2D eigenvalue weighted by molar-refractivity contribution is 7.92. The van der Waals surface area contributed by atoms with Crippen molar-refractivity contribution in [3.05, 3.63) is 125 Å². The standard InChI is InChI=1S/C35H42N4O6S/c1-23-16-17-33(45-23)25(3)37-34(41)28-19-29(21-30(20-28)39(4)46(5,43)44)35(42)38-31(18-26-12-8-6-9-13-26)32(40)22-36-24(2)27-14-10-7-11-15-27/h6-17,19-21,24-25,31-32,36,40H,18,22H2,1-5H3,(H,37,41)(H,38,42)/t24-,25?,31-,32+/m0/s1. The number of carbonyl (C=O) groups is 2. The Labute approximate surface area is 270 Å². The predicted molar refractivity (Wildman–Crippen MR) is 179 cm³/mol. The van der Waals surface area contributed by atoms with Crippen LogP contribution in [0.4, 0.5) is 5.69 Å². The zero-order valence-corrected chi connectivity index (χ0v) is 27.5. The minimum Gasteiger partial charge on any atom is -0.464 e. The number of hydrogen-bond acceptors (Lipinski definition) is 7. The molecule has 0 aliphatic carbocycles. The highest BCUT2D eigenvalue weighted by Gasteiger charge is 2.25. The van der Waals surface area contributed by atoms with E-state index in [1.165, 1.54) is 25.2 Å². The van der Waals surface area contributed by atoms with Crippen LogP contribution in [0.5, 0.6) is 0 Å². The van der Waals surface area contributed by atoms with Crippen LogP contribution in [0.15, 0.2) is 95.4 Å². The SMILES string of the molecule is Cc1ccc(C(C)NC(=O)c2cc(C(=O)N[C@@H](Cc3ccccc3)[C@H](O)CN[C@@H](C)c3ccccc3)cc(N(C)S(C)(=O)=O)c2)o1. The summed E-state index contributed by atoms with van der Waals surface area (Å²) < 4.78 is 31.5. The molecule has 11 heteroatoms. The summed E-state index contributed by atoms with van der Waals surface area (Å²) in [6, 6.07) is 25.9. The monoisotopic (exact) mass is 646 g/mol. The number of sulfonamides is 1. The molecule has 46 heavy (non-hydrogen) atoms. The number of rotatable bonds is 14. The summed E-state index contributed by atoms with van der Waals surface area (Å²) in [5, 5.41) is 20.5. The topological polar surface area (TPSA) is 141 Å². The Hall–Kier alpha value is -4.45. The number of aryl methyl sites for hydroxylation is 1. The molecule has 4 aromatic rings. The molecule has 0 spiro atoms. The second-order valence-electron chi connectivity index (χ2n) is 11.5. The quantitative estimate of drug-likeness (QED) is 0.158. The van der Waals surface area contributed by atoms with Gasteiger partial charge >= 0.3 is 0 Å². The van der Waals surface area contributed by atoms with E-state index in [1.807, 2.05) is 67.6 Å². The summed E-state index contributed by atoms with van der Waals surface area (Å²) in [5.74, 6) is 0.174. The molecule has 4 rings (SSSR count). The van der Waals surface area contributed by atoms with Crippen molar-refractivity contribution in [3.63, 3.8) is 0 Å². The van der Waals surface area contributed by atoms with E-state index in [1.54, 1.807) is 26.0 Å². The lowest BCUT2D eigenvalue weighted by molar-refractivity contribution is 0.0825. The van der Waals surface area contributed by atoms with Crippen molar-refractivity contribution in [2.24, 2.45) is 0 Å². The second kappa shape index (κ2) is 15.2. The molecule has 4 N–H and O–H groups in total. The van der Waals surface area contributed by atoms with Crippen molar-refractivity contribution in [1.82, 2.24) is 16.0 Å². The molecule has 0 saturated carbocycles. The van der Waals surface area contributed by atoms with Gasteiger partial charge in [0.1, 0.15) is 11.5 Å². The molecule has 0 aliphatic heterocycles. The van der Waals surface area contributed by atoms with Gasteiger partial charge in [-0.2, -0.15) is 0 Å². The number of aliphatic hydroxyl groups is 1. The third-order valence-electron chi connectivity index (χ3n) is 7.85. The van der Waals surface area contributed by atoms with Crippen LogP contribution in [0.1, 0.15) is 69.3 Å². The van der Waals surface area contributed by atoms with Crippen molar-refractivity contribution >= 4 is 27.5 Å². The average Bonchev–Trinajstić information content (AvgIpc) is 3.49. The third kappa shape index (κ3) is 9.29. The number of benzene rings is 3. The molecule has 1 aromatic heterocycles. The number of aliphatic hydroxyl groups excluding tert-OH is 1. The van der Waals surface area contributed by atoms with E-state index in [-0.39, 0.29) is 29.4 Å². The first-order valence-electron chi connectivity index (χ1n) is 15.1. The lowest BCUT2D eigenvalue weighted by atomic mass is 9.99. The van der Waals surface area contributed by atoms with Gasteiger partial charge in [-0.1, -0.05) is 60.7 Å². The first-order chi connectivity index (χ1) is 21.8. The maximum atomic E-state index is 13.8. The normalized spacial score (nSPS) is 14.1. The molecule has 0 fully saturated rings. The first-order valence-corrected chi connectivity index (χ1v) is 16.9. The molecular formula is C35H42N4O6S. The third-order valence-corrected chi connectivity index (χ3v) is 9.06. The number of amides is 2. The van der Waals surface area contributed by atoms with Gasteiger partial charge in [-0.3, -0.25) is 13.9 Å². The van der Waals surface area contributed by atoms with Gasteiger partial charge in [0.05, 0.1) is 30.1 Å². The molecule has 0 saturated heterocycles. The molecule has 0 aliphatic rings. The van der Waals surface area contributed by atoms with Gasteiger partial charge in [-0.25, -0.2) is 8.42 Å². The Balaban J connectivity index is 1.60. The Morgan fingerprint density at radius 2 is 1.43 bits per heavy atom. The van der Waals surface area contributed by atoms with Gasteiger partial charge in [-0.15, -0.1) is 0 Å². The highest BCUT2D eigenvalue weighted by atomic mass is 32.2. The van der Waals surface area contributed by atoms with Crippen LogP contribution in [-0.4, -0.2) is 57.3 Å². The van der Waals surface area contributed by atoms with E-state index in [2.05, 4.69) is 16.0 Å². The van der Waals surface area contributed by atoms with Crippen LogP contribution in [-0.2, 0) is 16.4 Å². The van der Waals surface area contributed by atoms with E-state index >= 15 is 0 Å². The zero-order chi connectivity index (χ0) is 33.4. The number of furan rings is 1. The van der Waals surface area contributed by atoms with Crippen molar-refractivity contribution in [2.45, 2.75) is 51.4 Å². The van der Waals surface area contributed by atoms with Crippen molar-refractivity contribution < 1.29 is 27.5 Å². The van der Waals surface area contributed by atoms with E-state index in [4.69, 9.17) is 4.42 Å². The minimum atomic E-state index is -3.71. The Morgan fingerprint density at radius 3 is 2.00 bits per heavy atom. The fourth-order valence-corrected chi connectivity index (χ4v) is 5.47. The summed E-state index contributed by atoms with van der Waals surface area (Å²) in [5.41, 5.74) is 2.27. The Kier molecular flexibility index (Phi) is 11.4. The molecule has 3 aromatic carbocycles. The smallest absolute Gasteiger partial charge is 0.251 e. The molecule has 0 radical (unpaired) electrons. The largest absolute Gasteiger partial charge is 0.464 e. The maximum Gasteiger partial charge on any atom is 0.251 e. The van der Waals surface area contributed by atoms with Gasteiger partial charge in [0.25, 0.3) is 11.8 Å². The van der Waals surface area contributed by atoms with Gasteiger partial charge in [-0.05, 0) is 68.7 Å². The van der Waals surface area contributed by atoms with Crippen LogP contribution in [0.3, 0.4) is 0 Å². The lowest BCUT2D eigenvalue weighted by Crippen LogP contribution is -2.49. The molecule has 1 heterocycles. The maximum absolute atomic E-state index is 13.8. The molecule has 1 unspecified atom stereocenters. The first kappa shape index (κ1) is 34.4. The molecule has 10 nitrogen and oxygen atoms in total. The number of nitrogens with zero attached hydrogens (tertiary/aromatic N) is 1. The number of carbonyl (C=O) groups excluding carboxylic acids is 2. The molecule has 4 atom stereocenters. The second-order valence-corrected chi connectivity index (χ2v) is 13.5. The van der Waals surface area contributed by atoms with E-state index in [0.717, 1.165) is 21.7 Å². The highest BCUT2D eigenvalue weighted by Crippen LogP contribution is 2.23. The summed E-state index contributed by atoms with van der Waals surface area (Å²) in [7, 11) is -2.36. The Bertz CT molecular complexity index is 1730.